The zero-order valence-corrected chi connectivity index (χ0v) is 15.1. The van der Waals surface area contributed by atoms with Gasteiger partial charge in [0.2, 0.25) is 0 Å². The van der Waals surface area contributed by atoms with Gasteiger partial charge in [0.1, 0.15) is 0 Å². The molecule has 0 amide bonds. The highest BCUT2D eigenvalue weighted by Gasteiger charge is 2.47. The monoisotopic (exact) mass is 306 g/mol. The van der Waals surface area contributed by atoms with E-state index in [1.807, 2.05) is 6.92 Å². The van der Waals surface area contributed by atoms with Crippen LogP contribution in [0.5, 0.6) is 0 Å². The summed E-state index contributed by atoms with van der Waals surface area (Å²) in [6.45, 7) is 10.8. The summed E-state index contributed by atoms with van der Waals surface area (Å²) < 4.78 is 6.28. The minimum atomic E-state index is -0.724. The maximum Gasteiger partial charge on any atom is 0.0883 e. The average Bonchev–Trinajstić information content (AvgIpc) is 2.71. The second-order valence-corrected chi connectivity index (χ2v) is 8.22. The van der Waals surface area contributed by atoms with Gasteiger partial charge in [0.15, 0.2) is 0 Å². The topological polar surface area (TPSA) is 29.5 Å². The molecule has 2 rings (SSSR count). The number of allylic oxidation sites excluding steroid dienone is 4. The van der Waals surface area contributed by atoms with Gasteiger partial charge in [-0.15, -0.1) is 0 Å². The first-order chi connectivity index (χ1) is 10.2. The molecule has 0 unspecified atom stereocenters. The summed E-state index contributed by atoms with van der Waals surface area (Å²) >= 11 is 0. The lowest BCUT2D eigenvalue weighted by Crippen LogP contribution is -2.40. The molecule has 1 saturated heterocycles. The fourth-order valence-electron chi connectivity index (χ4n) is 3.82. The van der Waals surface area contributed by atoms with Gasteiger partial charge >= 0.3 is 0 Å². The molecule has 0 spiro atoms. The third kappa shape index (κ3) is 4.45. The first-order valence-electron chi connectivity index (χ1n) is 8.92. The Labute approximate surface area is 136 Å². The predicted molar refractivity (Wildman–Crippen MR) is 92.9 cm³/mol. The number of rotatable bonds is 0. The zero-order chi connectivity index (χ0) is 16.4. The van der Waals surface area contributed by atoms with Crippen LogP contribution in [0.3, 0.4) is 0 Å². The van der Waals surface area contributed by atoms with Crippen LogP contribution in [0, 0.1) is 5.92 Å². The summed E-state index contributed by atoms with van der Waals surface area (Å²) in [7, 11) is 0. The quantitative estimate of drug-likeness (QED) is 0.626. The number of hydrogen-bond acceptors (Lipinski definition) is 2. The first-order valence-corrected chi connectivity index (χ1v) is 8.92. The molecule has 0 aromatic carbocycles. The Bertz CT molecular complexity index is 443. The van der Waals surface area contributed by atoms with Crippen molar-refractivity contribution in [2.24, 2.45) is 5.92 Å². The second-order valence-electron chi connectivity index (χ2n) is 8.22. The maximum absolute atomic E-state index is 10.9. The van der Waals surface area contributed by atoms with E-state index >= 15 is 0 Å². The molecule has 1 N–H and O–H groups in total. The average molecular weight is 306 g/mol. The van der Waals surface area contributed by atoms with E-state index in [0.29, 0.717) is 5.92 Å². The highest BCUT2D eigenvalue weighted by Crippen LogP contribution is 2.43. The smallest absolute Gasteiger partial charge is 0.0883 e. The standard InChI is InChI=1S/C20H34O2/c1-15-8-6-9-16(2)11-12-17-14-18(22-19(17,3)4)20(5,21)13-7-10-15/h9-10,17-18,21H,6-8,11-14H2,1-5H3/b15-10-,16-9-/t17-,18+,20+/m0/s1. The summed E-state index contributed by atoms with van der Waals surface area (Å²) in [5.41, 5.74) is 2.08. The molecule has 2 heteroatoms. The molecule has 0 aromatic heterocycles. The van der Waals surface area contributed by atoms with Gasteiger partial charge in [-0.25, -0.2) is 0 Å². The van der Waals surface area contributed by atoms with Crippen LogP contribution in [-0.2, 0) is 4.74 Å². The van der Waals surface area contributed by atoms with Gasteiger partial charge in [-0.3, -0.25) is 0 Å². The minimum absolute atomic E-state index is 0.0339. The molecule has 126 valence electrons. The van der Waals surface area contributed by atoms with Crippen LogP contribution in [0.1, 0.15) is 79.6 Å². The van der Waals surface area contributed by atoms with E-state index in [-0.39, 0.29) is 11.7 Å². The summed E-state index contributed by atoms with van der Waals surface area (Å²) in [5.74, 6) is 0.535. The normalized spacial score (nSPS) is 41.9. The molecule has 1 aliphatic carbocycles. The van der Waals surface area contributed by atoms with Gasteiger partial charge in [-0.1, -0.05) is 23.3 Å². The predicted octanol–water partition coefficient (Wildman–Crippen LogP) is 5.17. The van der Waals surface area contributed by atoms with Gasteiger partial charge in [-0.2, -0.15) is 0 Å². The number of aliphatic hydroxyl groups is 1. The molecule has 3 atom stereocenters. The van der Waals surface area contributed by atoms with E-state index in [1.54, 1.807) is 0 Å². The van der Waals surface area contributed by atoms with Crippen LogP contribution in [0.4, 0.5) is 0 Å². The number of hydrogen-bond donors (Lipinski definition) is 1. The lowest BCUT2D eigenvalue weighted by atomic mass is 9.81. The Morgan fingerprint density at radius 3 is 2.41 bits per heavy atom. The SMILES string of the molecule is C/C1=C/CC[C@@](C)(O)[C@H]2C[C@H](CC/C(C)=C\CC1)C(C)(C)O2. The zero-order valence-electron chi connectivity index (χ0n) is 15.1. The van der Waals surface area contributed by atoms with Crippen molar-refractivity contribution in [3.05, 3.63) is 23.3 Å². The summed E-state index contributed by atoms with van der Waals surface area (Å²) in [6.07, 6.45) is 11.9. The molecule has 1 aliphatic heterocycles. The third-order valence-corrected chi connectivity index (χ3v) is 5.68. The van der Waals surface area contributed by atoms with Crippen molar-refractivity contribution < 1.29 is 9.84 Å². The molecular formula is C20H34O2. The fraction of sp³-hybridized carbons (Fsp3) is 0.800. The van der Waals surface area contributed by atoms with Gasteiger partial charge in [0.05, 0.1) is 17.3 Å². The largest absolute Gasteiger partial charge is 0.387 e. The van der Waals surface area contributed by atoms with Gasteiger partial charge in [0, 0.05) is 0 Å². The minimum Gasteiger partial charge on any atom is -0.387 e. The molecule has 1 heterocycles. The summed E-state index contributed by atoms with van der Waals surface area (Å²) in [6, 6.07) is 0. The van der Waals surface area contributed by atoms with E-state index in [1.165, 1.54) is 11.1 Å². The van der Waals surface area contributed by atoms with Crippen molar-refractivity contribution in [1.29, 1.82) is 0 Å². The van der Waals surface area contributed by atoms with Gasteiger partial charge < -0.3 is 9.84 Å². The van der Waals surface area contributed by atoms with E-state index in [0.717, 1.165) is 44.9 Å². The fourth-order valence-corrected chi connectivity index (χ4v) is 3.82. The van der Waals surface area contributed by atoms with Crippen LogP contribution >= 0.6 is 0 Å². The molecular weight excluding hydrogens is 272 g/mol. The Morgan fingerprint density at radius 1 is 1.05 bits per heavy atom. The van der Waals surface area contributed by atoms with Crippen molar-refractivity contribution in [3.63, 3.8) is 0 Å². The third-order valence-electron chi connectivity index (χ3n) is 5.68. The van der Waals surface area contributed by atoms with Crippen molar-refractivity contribution >= 4 is 0 Å². The molecule has 0 aromatic rings. The number of fused-ring (bicyclic) bond motifs is 2. The highest BCUT2D eigenvalue weighted by molar-refractivity contribution is 5.06. The molecule has 22 heavy (non-hydrogen) atoms. The second kappa shape index (κ2) is 6.88. The maximum atomic E-state index is 10.9. The molecule has 1 fully saturated rings. The van der Waals surface area contributed by atoms with E-state index in [2.05, 4.69) is 39.8 Å². The first kappa shape index (κ1) is 17.7. The molecule has 0 radical (unpaired) electrons. The van der Waals surface area contributed by atoms with Crippen LogP contribution in [0.2, 0.25) is 0 Å². The highest BCUT2D eigenvalue weighted by atomic mass is 16.5. The van der Waals surface area contributed by atoms with Crippen LogP contribution in [-0.4, -0.2) is 22.4 Å². The van der Waals surface area contributed by atoms with E-state index in [4.69, 9.17) is 4.74 Å². The van der Waals surface area contributed by atoms with Gasteiger partial charge in [-0.05, 0) is 85.5 Å². The van der Waals surface area contributed by atoms with Crippen molar-refractivity contribution in [3.8, 4) is 0 Å². The van der Waals surface area contributed by atoms with Gasteiger partial charge in [0.25, 0.3) is 0 Å². The Balaban J connectivity index is 2.17. The Hall–Kier alpha value is -0.600. The summed E-state index contributed by atoms with van der Waals surface area (Å²) in [5, 5.41) is 10.9. The lowest BCUT2D eigenvalue weighted by Gasteiger charge is -2.31. The molecule has 2 aliphatic rings. The van der Waals surface area contributed by atoms with Crippen LogP contribution < -0.4 is 0 Å². The Kier molecular flexibility index (Phi) is 5.55. The lowest BCUT2D eigenvalue weighted by molar-refractivity contribution is -0.124. The van der Waals surface area contributed by atoms with E-state index < -0.39 is 5.60 Å². The molecule has 2 bridgehead atoms. The van der Waals surface area contributed by atoms with Crippen LogP contribution in [0.15, 0.2) is 23.3 Å². The van der Waals surface area contributed by atoms with Crippen molar-refractivity contribution in [2.45, 2.75) is 96.9 Å². The van der Waals surface area contributed by atoms with Crippen molar-refractivity contribution in [1.82, 2.24) is 0 Å². The summed E-state index contributed by atoms with van der Waals surface area (Å²) in [4.78, 5) is 0. The van der Waals surface area contributed by atoms with Crippen LogP contribution in [0.25, 0.3) is 0 Å². The van der Waals surface area contributed by atoms with E-state index in [9.17, 15) is 5.11 Å². The molecule has 0 saturated carbocycles. The molecule has 2 nitrogen and oxygen atoms in total. The number of ether oxygens (including phenoxy) is 1. The van der Waals surface area contributed by atoms with Crippen molar-refractivity contribution in [2.75, 3.05) is 0 Å². The Morgan fingerprint density at radius 2 is 1.68 bits per heavy atom.